The zero-order chi connectivity index (χ0) is 9.52. The first-order valence-corrected chi connectivity index (χ1v) is 3.96. The molecule has 1 heterocycles. The SMILES string of the molecule is C=Cc1ncccc1N=CN=CC. The van der Waals surface area contributed by atoms with Crippen LogP contribution in [0.5, 0.6) is 0 Å². The Hall–Kier alpha value is -1.77. The zero-order valence-corrected chi connectivity index (χ0v) is 7.51. The van der Waals surface area contributed by atoms with Crippen molar-refractivity contribution in [1.82, 2.24) is 4.98 Å². The molecular weight excluding hydrogens is 162 g/mol. The van der Waals surface area contributed by atoms with E-state index in [0.29, 0.717) is 0 Å². The van der Waals surface area contributed by atoms with Crippen molar-refractivity contribution in [2.45, 2.75) is 6.92 Å². The van der Waals surface area contributed by atoms with Gasteiger partial charge < -0.3 is 0 Å². The van der Waals surface area contributed by atoms with Crippen molar-refractivity contribution in [3.8, 4) is 0 Å². The predicted octanol–water partition coefficient (Wildman–Crippen LogP) is 2.48. The van der Waals surface area contributed by atoms with Crippen molar-refractivity contribution in [2.75, 3.05) is 0 Å². The highest BCUT2D eigenvalue weighted by Gasteiger charge is 1.94. The van der Waals surface area contributed by atoms with E-state index in [1.807, 2.05) is 19.1 Å². The van der Waals surface area contributed by atoms with Crippen molar-refractivity contribution >= 4 is 24.3 Å². The smallest absolute Gasteiger partial charge is 0.115 e. The maximum Gasteiger partial charge on any atom is 0.115 e. The molecule has 0 bridgehead atoms. The summed E-state index contributed by atoms with van der Waals surface area (Å²) in [5.74, 6) is 0. The number of pyridine rings is 1. The summed E-state index contributed by atoms with van der Waals surface area (Å²) in [6.07, 6.45) is 6.54. The number of aliphatic imine (C=N–C) groups is 2. The van der Waals surface area contributed by atoms with Gasteiger partial charge in [0, 0.05) is 12.4 Å². The quantitative estimate of drug-likeness (QED) is 0.511. The number of aromatic nitrogens is 1. The van der Waals surface area contributed by atoms with E-state index in [-0.39, 0.29) is 0 Å². The molecule has 0 atom stereocenters. The Morgan fingerprint density at radius 1 is 1.54 bits per heavy atom. The molecule has 0 aliphatic carbocycles. The van der Waals surface area contributed by atoms with Crippen LogP contribution in [0.2, 0.25) is 0 Å². The highest BCUT2D eigenvalue weighted by atomic mass is 14.9. The van der Waals surface area contributed by atoms with Crippen LogP contribution in [0.4, 0.5) is 5.69 Å². The van der Waals surface area contributed by atoms with Crippen molar-refractivity contribution in [3.63, 3.8) is 0 Å². The fourth-order valence-electron chi connectivity index (χ4n) is 0.838. The molecule has 0 amide bonds. The van der Waals surface area contributed by atoms with Crippen LogP contribution in [0.15, 0.2) is 34.9 Å². The maximum absolute atomic E-state index is 4.11. The summed E-state index contributed by atoms with van der Waals surface area (Å²) in [4.78, 5) is 12.1. The molecule has 1 aromatic rings. The average Bonchev–Trinajstić information content (AvgIpc) is 2.19. The molecule has 0 unspecified atom stereocenters. The Kier molecular flexibility index (Phi) is 3.57. The van der Waals surface area contributed by atoms with Gasteiger partial charge in [-0.25, -0.2) is 9.98 Å². The lowest BCUT2D eigenvalue weighted by Gasteiger charge is -1.95. The summed E-state index contributed by atoms with van der Waals surface area (Å²) >= 11 is 0. The molecule has 0 aromatic carbocycles. The fraction of sp³-hybridized carbons (Fsp3) is 0.100. The molecule has 0 N–H and O–H groups in total. The molecule has 0 fully saturated rings. The Labute approximate surface area is 77.6 Å². The molecule has 1 rings (SSSR count). The number of hydrogen-bond donors (Lipinski definition) is 0. The normalized spacial score (nSPS) is 11.2. The van der Waals surface area contributed by atoms with Gasteiger partial charge in [0.15, 0.2) is 0 Å². The molecule has 1 aromatic heterocycles. The van der Waals surface area contributed by atoms with Gasteiger partial charge in [0.25, 0.3) is 0 Å². The van der Waals surface area contributed by atoms with E-state index < -0.39 is 0 Å². The van der Waals surface area contributed by atoms with Crippen molar-refractivity contribution in [2.24, 2.45) is 9.98 Å². The van der Waals surface area contributed by atoms with Crippen LogP contribution < -0.4 is 0 Å². The predicted molar refractivity (Wildman–Crippen MR) is 56.6 cm³/mol. The standard InChI is InChI=1S/C10H11N3/c1-3-9-10(6-5-7-12-9)13-8-11-4-2/h3-8H,1H2,2H3. The van der Waals surface area contributed by atoms with Crippen LogP contribution >= 0.6 is 0 Å². The molecular formula is C10H11N3. The second-order valence-electron chi connectivity index (χ2n) is 2.26. The fourth-order valence-corrected chi connectivity index (χ4v) is 0.838. The van der Waals surface area contributed by atoms with Gasteiger partial charge >= 0.3 is 0 Å². The van der Waals surface area contributed by atoms with Crippen LogP contribution in [0.25, 0.3) is 6.08 Å². The monoisotopic (exact) mass is 173 g/mol. The second-order valence-corrected chi connectivity index (χ2v) is 2.26. The van der Waals surface area contributed by atoms with E-state index in [0.717, 1.165) is 11.4 Å². The molecule has 0 aliphatic heterocycles. The maximum atomic E-state index is 4.11. The van der Waals surface area contributed by atoms with E-state index in [2.05, 4.69) is 21.5 Å². The summed E-state index contributed by atoms with van der Waals surface area (Å²) in [5, 5.41) is 0. The first kappa shape index (κ1) is 9.32. The van der Waals surface area contributed by atoms with E-state index in [9.17, 15) is 0 Å². The molecule has 13 heavy (non-hydrogen) atoms. The lowest BCUT2D eigenvalue weighted by Crippen LogP contribution is -1.79. The molecule has 0 saturated heterocycles. The van der Waals surface area contributed by atoms with E-state index in [1.54, 1.807) is 18.5 Å². The molecule has 3 nitrogen and oxygen atoms in total. The van der Waals surface area contributed by atoms with Crippen LogP contribution in [0.3, 0.4) is 0 Å². The molecule has 0 aliphatic rings. The third-order valence-corrected chi connectivity index (χ3v) is 1.42. The highest BCUT2D eigenvalue weighted by Crippen LogP contribution is 2.15. The summed E-state index contributed by atoms with van der Waals surface area (Å²) in [5.41, 5.74) is 1.55. The molecule has 0 spiro atoms. The summed E-state index contributed by atoms with van der Waals surface area (Å²) in [6, 6.07) is 3.70. The minimum absolute atomic E-state index is 0.769. The average molecular weight is 173 g/mol. The van der Waals surface area contributed by atoms with Crippen LogP contribution in [0.1, 0.15) is 12.6 Å². The van der Waals surface area contributed by atoms with Crippen LogP contribution in [-0.2, 0) is 0 Å². The molecule has 0 radical (unpaired) electrons. The summed E-state index contributed by atoms with van der Waals surface area (Å²) < 4.78 is 0. The summed E-state index contributed by atoms with van der Waals surface area (Å²) in [6.45, 7) is 5.48. The molecule has 66 valence electrons. The number of nitrogens with zero attached hydrogens (tertiary/aromatic N) is 3. The van der Waals surface area contributed by atoms with Crippen LogP contribution in [-0.4, -0.2) is 17.5 Å². The van der Waals surface area contributed by atoms with Crippen LogP contribution in [0, 0.1) is 0 Å². The summed E-state index contributed by atoms with van der Waals surface area (Å²) in [7, 11) is 0. The lowest BCUT2D eigenvalue weighted by atomic mass is 10.3. The van der Waals surface area contributed by atoms with Crippen molar-refractivity contribution in [3.05, 3.63) is 30.6 Å². The van der Waals surface area contributed by atoms with Crippen molar-refractivity contribution < 1.29 is 0 Å². The Morgan fingerprint density at radius 3 is 3.08 bits per heavy atom. The van der Waals surface area contributed by atoms with Gasteiger partial charge in [0.05, 0.1) is 11.4 Å². The number of rotatable bonds is 3. The highest BCUT2D eigenvalue weighted by molar-refractivity contribution is 5.74. The Bertz CT molecular complexity index is 340. The van der Waals surface area contributed by atoms with Gasteiger partial charge in [-0.05, 0) is 25.1 Å². The third-order valence-electron chi connectivity index (χ3n) is 1.42. The Balaban J connectivity index is 2.93. The van der Waals surface area contributed by atoms with Gasteiger partial charge in [0.2, 0.25) is 0 Å². The van der Waals surface area contributed by atoms with Gasteiger partial charge in [0.1, 0.15) is 6.34 Å². The van der Waals surface area contributed by atoms with Crippen molar-refractivity contribution in [1.29, 1.82) is 0 Å². The first-order chi connectivity index (χ1) is 6.38. The van der Waals surface area contributed by atoms with Gasteiger partial charge in [-0.15, -0.1) is 0 Å². The minimum atomic E-state index is 0.769. The lowest BCUT2D eigenvalue weighted by molar-refractivity contribution is 1.28. The van der Waals surface area contributed by atoms with E-state index in [4.69, 9.17) is 0 Å². The minimum Gasteiger partial charge on any atom is -0.255 e. The third kappa shape index (κ3) is 2.63. The molecule has 0 saturated carbocycles. The van der Waals surface area contributed by atoms with Gasteiger partial charge in [-0.3, -0.25) is 4.98 Å². The van der Waals surface area contributed by atoms with Gasteiger partial charge in [-0.2, -0.15) is 0 Å². The zero-order valence-electron chi connectivity index (χ0n) is 7.51. The first-order valence-electron chi connectivity index (χ1n) is 3.96. The van der Waals surface area contributed by atoms with Gasteiger partial charge in [-0.1, -0.05) is 6.58 Å². The topological polar surface area (TPSA) is 37.6 Å². The molecule has 3 heteroatoms. The number of hydrogen-bond acceptors (Lipinski definition) is 2. The van der Waals surface area contributed by atoms with E-state index >= 15 is 0 Å². The van der Waals surface area contributed by atoms with E-state index in [1.165, 1.54) is 6.34 Å². The largest absolute Gasteiger partial charge is 0.255 e. The Morgan fingerprint density at radius 2 is 2.38 bits per heavy atom. The second kappa shape index (κ2) is 4.98.